The Morgan fingerprint density at radius 3 is 2.15 bits per heavy atom. The molecule has 192 valence electrons. The van der Waals surface area contributed by atoms with Crippen LogP contribution in [0.5, 0.6) is 0 Å². The molecule has 4 N–H and O–H groups in total. The number of aliphatic hydroxyl groups is 1. The highest BCUT2D eigenvalue weighted by Gasteiger charge is 2.42. The molecular formula is C26H51N5OS. The van der Waals surface area contributed by atoms with Gasteiger partial charge in [-0.2, -0.15) is 13.5 Å². The van der Waals surface area contributed by atoms with Crippen LogP contribution in [0.3, 0.4) is 0 Å². The molecule has 2 heterocycles. The van der Waals surface area contributed by atoms with Crippen LogP contribution >= 0.6 is 13.5 Å². The molecule has 2 saturated heterocycles. The molecule has 0 aromatic heterocycles. The maximum Gasteiger partial charge on any atom is 0.110 e. The fourth-order valence-electron chi connectivity index (χ4n) is 5.52. The minimum absolute atomic E-state index is 0. The molecule has 4 rings (SSSR count). The van der Waals surface area contributed by atoms with E-state index in [4.69, 9.17) is 10.5 Å². The molecule has 0 radical (unpaired) electrons. The Labute approximate surface area is 210 Å². The van der Waals surface area contributed by atoms with Crippen LogP contribution in [-0.2, 0) is 11.8 Å². The second-order valence-electron chi connectivity index (χ2n) is 8.48. The van der Waals surface area contributed by atoms with Gasteiger partial charge < -0.3 is 15.7 Å². The lowest BCUT2D eigenvalue weighted by molar-refractivity contribution is 0.00101. The van der Waals surface area contributed by atoms with Crippen molar-refractivity contribution in [1.82, 2.24) is 14.9 Å². The standard InChI is InChI=1S/C22H34N4.C2H6.CH5N.CH4O.H2S/c1-3-21(23)24(2)26-14-9-19(10-15-26)25-16-12-22(13-17-25)11-8-18-6-4-5-7-20(18)22;3*1-2;/h4-7,19,23H,3,8-17H2,1-2H3;1-2H3;2H2,1H3;2H,1H3;1H2. The van der Waals surface area contributed by atoms with E-state index in [2.05, 4.69) is 51.8 Å². The second kappa shape index (κ2) is 16.5. The average Bonchev–Trinajstić information content (AvgIpc) is 3.25. The second-order valence-corrected chi connectivity index (χ2v) is 8.48. The van der Waals surface area contributed by atoms with Gasteiger partial charge in [0, 0.05) is 39.7 Å². The van der Waals surface area contributed by atoms with Gasteiger partial charge in [0.25, 0.3) is 0 Å². The van der Waals surface area contributed by atoms with E-state index in [0.717, 1.165) is 38.5 Å². The van der Waals surface area contributed by atoms with Gasteiger partial charge in [-0.3, -0.25) is 10.4 Å². The van der Waals surface area contributed by atoms with Crippen molar-refractivity contribution in [3.63, 3.8) is 0 Å². The Morgan fingerprint density at radius 2 is 1.61 bits per heavy atom. The number of amidine groups is 1. The number of nitrogens with two attached hydrogens (primary N) is 1. The maximum absolute atomic E-state index is 8.05. The van der Waals surface area contributed by atoms with Crippen molar-refractivity contribution < 1.29 is 5.11 Å². The number of aliphatic hydroxyl groups excluding tert-OH is 1. The quantitative estimate of drug-likeness (QED) is 0.449. The Bertz CT molecular complexity index is 656. The smallest absolute Gasteiger partial charge is 0.110 e. The van der Waals surface area contributed by atoms with Crippen LogP contribution in [0.4, 0.5) is 0 Å². The largest absolute Gasteiger partial charge is 0.400 e. The lowest BCUT2D eigenvalue weighted by Gasteiger charge is -2.46. The molecule has 0 amide bonds. The van der Waals surface area contributed by atoms with E-state index in [-0.39, 0.29) is 13.5 Å². The fourth-order valence-corrected chi connectivity index (χ4v) is 5.52. The molecule has 7 heteroatoms. The number of hydrogen-bond donors (Lipinski definition) is 3. The third-order valence-electron chi connectivity index (χ3n) is 7.32. The van der Waals surface area contributed by atoms with Crippen molar-refractivity contribution in [2.24, 2.45) is 5.73 Å². The highest BCUT2D eigenvalue weighted by atomic mass is 32.1. The predicted octanol–water partition coefficient (Wildman–Crippen LogP) is 3.99. The molecule has 1 spiro atoms. The SMILES string of the molecule is CC.CCC(=N)N(C)N1CCC(N2CCC3(CCc4ccccc43)CC2)CC1.CN.CO.S. The summed E-state index contributed by atoms with van der Waals surface area (Å²) in [6.07, 6.45) is 8.62. The molecule has 3 aliphatic rings. The molecule has 0 atom stereocenters. The molecule has 1 aromatic rings. The first-order chi connectivity index (χ1) is 15.6. The van der Waals surface area contributed by atoms with Crippen LogP contribution in [0.25, 0.3) is 0 Å². The van der Waals surface area contributed by atoms with Crippen molar-refractivity contribution in [3.8, 4) is 0 Å². The fraction of sp³-hybridized carbons (Fsp3) is 0.731. The van der Waals surface area contributed by atoms with Crippen LogP contribution in [0.2, 0.25) is 0 Å². The van der Waals surface area contributed by atoms with E-state index in [1.807, 2.05) is 20.9 Å². The van der Waals surface area contributed by atoms with E-state index in [1.54, 1.807) is 11.1 Å². The van der Waals surface area contributed by atoms with Gasteiger partial charge in [-0.05, 0) is 75.2 Å². The van der Waals surface area contributed by atoms with Gasteiger partial charge >= 0.3 is 0 Å². The van der Waals surface area contributed by atoms with Gasteiger partial charge in [0.05, 0.1) is 0 Å². The van der Waals surface area contributed by atoms with Crippen LogP contribution in [0.1, 0.15) is 70.4 Å². The summed E-state index contributed by atoms with van der Waals surface area (Å²) in [7, 11) is 4.55. The summed E-state index contributed by atoms with van der Waals surface area (Å²) < 4.78 is 0. The zero-order chi connectivity index (χ0) is 24.1. The van der Waals surface area contributed by atoms with Gasteiger partial charge in [0.2, 0.25) is 0 Å². The van der Waals surface area contributed by atoms with Crippen molar-refractivity contribution in [2.75, 3.05) is 47.4 Å². The number of hydrazine groups is 1. The van der Waals surface area contributed by atoms with Crippen LogP contribution in [-0.4, -0.2) is 79.3 Å². The zero-order valence-electron chi connectivity index (χ0n) is 22.0. The molecule has 1 aliphatic carbocycles. The molecule has 0 saturated carbocycles. The van der Waals surface area contributed by atoms with E-state index >= 15 is 0 Å². The van der Waals surface area contributed by atoms with Crippen LogP contribution in [0.15, 0.2) is 24.3 Å². The number of nitrogens with one attached hydrogen (secondary N) is 1. The lowest BCUT2D eigenvalue weighted by atomic mass is 9.73. The summed E-state index contributed by atoms with van der Waals surface area (Å²) in [6.45, 7) is 10.8. The van der Waals surface area contributed by atoms with Gasteiger partial charge in [-0.25, -0.2) is 5.01 Å². The third kappa shape index (κ3) is 7.69. The number of likely N-dealkylation sites (tertiary alicyclic amines) is 1. The first-order valence-corrected chi connectivity index (χ1v) is 12.5. The topological polar surface area (TPSA) is 79.8 Å². The summed E-state index contributed by atoms with van der Waals surface area (Å²) in [6, 6.07) is 9.92. The molecule has 33 heavy (non-hydrogen) atoms. The first-order valence-electron chi connectivity index (χ1n) is 12.5. The van der Waals surface area contributed by atoms with Crippen LogP contribution < -0.4 is 5.73 Å². The molecule has 6 nitrogen and oxygen atoms in total. The Morgan fingerprint density at radius 1 is 1.06 bits per heavy atom. The average molecular weight is 482 g/mol. The third-order valence-corrected chi connectivity index (χ3v) is 7.32. The van der Waals surface area contributed by atoms with E-state index in [1.165, 1.54) is 58.7 Å². The number of nitrogens with zero attached hydrogens (tertiary/aromatic N) is 3. The zero-order valence-corrected chi connectivity index (χ0v) is 23.0. The van der Waals surface area contributed by atoms with Gasteiger partial charge in [-0.1, -0.05) is 45.0 Å². The van der Waals surface area contributed by atoms with Crippen LogP contribution in [0, 0.1) is 5.41 Å². The number of piperidine rings is 2. The number of hydrogen-bond acceptors (Lipinski definition) is 5. The normalized spacial score (nSPS) is 19.4. The minimum Gasteiger partial charge on any atom is -0.400 e. The van der Waals surface area contributed by atoms with E-state index in [9.17, 15) is 0 Å². The molecule has 0 unspecified atom stereocenters. The van der Waals surface area contributed by atoms with Gasteiger partial charge in [-0.15, -0.1) is 0 Å². The van der Waals surface area contributed by atoms with Gasteiger partial charge in [0.1, 0.15) is 5.84 Å². The summed E-state index contributed by atoms with van der Waals surface area (Å²) >= 11 is 0. The van der Waals surface area contributed by atoms with Crippen molar-refractivity contribution in [3.05, 3.63) is 35.4 Å². The monoisotopic (exact) mass is 481 g/mol. The summed E-state index contributed by atoms with van der Waals surface area (Å²) in [5, 5.41) is 19.5. The Kier molecular flexibility index (Phi) is 15.9. The first kappa shape index (κ1) is 31.9. The van der Waals surface area contributed by atoms with E-state index < -0.39 is 0 Å². The predicted molar refractivity (Wildman–Crippen MR) is 148 cm³/mol. The minimum atomic E-state index is 0. The molecule has 0 bridgehead atoms. The lowest BCUT2D eigenvalue weighted by Crippen LogP contribution is -2.53. The number of fused-ring (bicyclic) bond motifs is 2. The van der Waals surface area contributed by atoms with Crippen molar-refractivity contribution in [1.29, 1.82) is 5.41 Å². The summed E-state index contributed by atoms with van der Waals surface area (Å²) in [5.74, 6) is 0.725. The van der Waals surface area contributed by atoms with E-state index in [0.29, 0.717) is 5.41 Å². The summed E-state index contributed by atoms with van der Waals surface area (Å²) in [4.78, 5) is 2.77. The van der Waals surface area contributed by atoms with Gasteiger partial charge in [0.15, 0.2) is 0 Å². The highest BCUT2D eigenvalue weighted by molar-refractivity contribution is 7.59. The Hall–Kier alpha value is -1.12. The summed E-state index contributed by atoms with van der Waals surface area (Å²) in [5.41, 5.74) is 8.24. The number of aryl methyl sites for hydroxylation is 1. The highest BCUT2D eigenvalue weighted by Crippen LogP contribution is 2.46. The number of benzene rings is 1. The molecule has 2 aliphatic heterocycles. The molecule has 1 aromatic carbocycles. The Balaban J connectivity index is 0.00000136. The van der Waals surface area contributed by atoms with Crippen molar-refractivity contribution in [2.45, 2.75) is 77.2 Å². The maximum atomic E-state index is 8.05. The molecular weight excluding hydrogens is 430 g/mol. The number of rotatable bonds is 3. The van der Waals surface area contributed by atoms with Crippen molar-refractivity contribution >= 4 is 19.3 Å². The molecule has 2 fully saturated rings.